The fraction of sp³-hybridized carbons (Fsp3) is 0. The summed E-state index contributed by atoms with van der Waals surface area (Å²) in [5.41, 5.74) is 7.08. The van der Waals surface area contributed by atoms with Gasteiger partial charge in [-0.25, -0.2) is 0 Å². The first-order chi connectivity index (χ1) is 4.74. The maximum absolute atomic E-state index is 5.77. The molecule has 52 valence electrons. The zero-order valence-corrected chi connectivity index (χ0v) is 6.23. The van der Waals surface area contributed by atoms with Gasteiger partial charge in [0.2, 0.25) is 0 Å². The van der Waals surface area contributed by atoms with Crippen LogP contribution < -0.4 is 5.73 Å². The van der Waals surface area contributed by atoms with Crippen LogP contribution >= 0.6 is 11.6 Å². The van der Waals surface area contributed by atoms with Gasteiger partial charge in [0.1, 0.15) is 0 Å². The summed E-state index contributed by atoms with van der Waals surface area (Å²) in [4.78, 5) is 0. The van der Waals surface area contributed by atoms with E-state index in [1.165, 1.54) is 0 Å². The summed E-state index contributed by atoms with van der Waals surface area (Å²) in [5.74, 6) is 0. The van der Waals surface area contributed by atoms with Gasteiger partial charge < -0.3 is 5.73 Å². The number of rotatable bonds is 1. The lowest BCUT2D eigenvalue weighted by molar-refractivity contribution is 1.64. The van der Waals surface area contributed by atoms with E-state index in [4.69, 9.17) is 17.3 Å². The van der Waals surface area contributed by atoms with Gasteiger partial charge in [0.25, 0.3) is 0 Å². The molecule has 10 heavy (non-hydrogen) atoms. The molecule has 0 atom stereocenters. The van der Waals surface area contributed by atoms with Crippen LogP contribution in [0.1, 0.15) is 5.56 Å². The molecule has 0 unspecified atom stereocenters. The Balaban J connectivity index is 3.21. The van der Waals surface area contributed by atoms with Crippen molar-refractivity contribution in [2.45, 2.75) is 0 Å². The van der Waals surface area contributed by atoms with Crippen LogP contribution in [0.25, 0.3) is 6.08 Å². The SMILES string of the molecule is C=Cc1cc(N)ccc1Cl. The molecule has 2 heteroatoms. The molecule has 0 fully saturated rings. The number of benzene rings is 1. The quantitative estimate of drug-likeness (QED) is 0.617. The molecule has 0 radical (unpaired) electrons. The molecule has 2 N–H and O–H groups in total. The maximum atomic E-state index is 5.77. The van der Waals surface area contributed by atoms with Gasteiger partial charge in [-0.2, -0.15) is 0 Å². The number of anilines is 1. The molecule has 0 amide bonds. The van der Waals surface area contributed by atoms with Crippen LogP contribution in [0, 0.1) is 0 Å². The van der Waals surface area contributed by atoms with Crippen LogP contribution in [0.3, 0.4) is 0 Å². The van der Waals surface area contributed by atoms with E-state index in [9.17, 15) is 0 Å². The number of nitrogen functional groups attached to an aromatic ring is 1. The molecule has 0 aromatic heterocycles. The minimum absolute atomic E-state index is 0.684. The first kappa shape index (κ1) is 7.16. The molecule has 0 aliphatic carbocycles. The van der Waals surface area contributed by atoms with Crippen molar-refractivity contribution >= 4 is 23.4 Å². The van der Waals surface area contributed by atoms with E-state index in [-0.39, 0.29) is 0 Å². The number of halogens is 1. The van der Waals surface area contributed by atoms with Crippen molar-refractivity contribution in [3.8, 4) is 0 Å². The molecule has 0 bridgehead atoms. The van der Waals surface area contributed by atoms with Crippen molar-refractivity contribution in [2.75, 3.05) is 5.73 Å². The van der Waals surface area contributed by atoms with Crippen LogP contribution in [-0.4, -0.2) is 0 Å². The highest BCUT2D eigenvalue weighted by Crippen LogP contribution is 2.19. The van der Waals surface area contributed by atoms with E-state index in [2.05, 4.69) is 6.58 Å². The fourth-order valence-electron chi connectivity index (χ4n) is 0.719. The smallest absolute Gasteiger partial charge is 0.0479 e. The Hall–Kier alpha value is -0.950. The molecule has 0 saturated heterocycles. The van der Waals surface area contributed by atoms with Gasteiger partial charge in [0.15, 0.2) is 0 Å². The Labute approximate surface area is 65.1 Å². The van der Waals surface area contributed by atoms with E-state index in [0.29, 0.717) is 10.7 Å². The molecule has 0 saturated carbocycles. The average molecular weight is 154 g/mol. The highest BCUT2D eigenvalue weighted by atomic mass is 35.5. The summed E-state index contributed by atoms with van der Waals surface area (Å²) in [6, 6.07) is 5.30. The lowest BCUT2D eigenvalue weighted by Gasteiger charge is -1.97. The molecule has 0 heterocycles. The zero-order chi connectivity index (χ0) is 7.56. The summed E-state index contributed by atoms with van der Waals surface area (Å²) in [7, 11) is 0. The van der Waals surface area contributed by atoms with Crippen LogP contribution in [0.5, 0.6) is 0 Å². The third-order valence-corrected chi connectivity index (χ3v) is 1.58. The summed E-state index contributed by atoms with van der Waals surface area (Å²) >= 11 is 5.77. The van der Waals surface area contributed by atoms with Crippen molar-refractivity contribution < 1.29 is 0 Å². The summed E-state index contributed by atoms with van der Waals surface area (Å²) in [6.45, 7) is 3.59. The first-order valence-corrected chi connectivity index (χ1v) is 3.29. The van der Waals surface area contributed by atoms with Gasteiger partial charge in [-0.3, -0.25) is 0 Å². The van der Waals surface area contributed by atoms with Crippen molar-refractivity contribution in [3.05, 3.63) is 35.4 Å². The first-order valence-electron chi connectivity index (χ1n) is 2.91. The van der Waals surface area contributed by atoms with Gasteiger partial charge in [0.05, 0.1) is 0 Å². The maximum Gasteiger partial charge on any atom is 0.0479 e. The van der Waals surface area contributed by atoms with Crippen molar-refractivity contribution in [1.29, 1.82) is 0 Å². The Kier molecular flexibility index (Phi) is 1.97. The second-order valence-corrected chi connectivity index (χ2v) is 2.39. The van der Waals surface area contributed by atoms with Gasteiger partial charge in [-0.1, -0.05) is 24.3 Å². The van der Waals surface area contributed by atoms with Gasteiger partial charge in [-0.05, 0) is 23.8 Å². The normalized spacial score (nSPS) is 9.30. The molecule has 1 nitrogen and oxygen atoms in total. The van der Waals surface area contributed by atoms with Crippen molar-refractivity contribution in [1.82, 2.24) is 0 Å². The van der Waals surface area contributed by atoms with E-state index >= 15 is 0 Å². The van der Waals surface area contributed by atoms with E-state index in [0.717, 1.165) is 5.56 Å². The van der Waals surface area contributed by atoms with E-state index in [1.807, 2.05) is 0 Å². The number of hydrogen-bond donors (Lipinski definition) is 1. The van der Waals surface area contributed by atoms with Crippen LogP contribution in [0.4, 0.5) is 5.69 Å². The third-order valence-electron chi connectivity index (χ3n) is 1.24. The molecule has 0 aliphatic heterocycles. The Bertz CT molecular complexity index is 255. The lowest BCUT2D eigenvalue weighted by atomic mass is 10.2. The third kappa shape index (κ3) is 1.31. The molecule has 1 aromatic rings. The Morgan fingerprint density at radius 1 is 1.50 bits per heavy atom. The Morgan fingerprint density at radius 3 is 2.70 bits per heavy atom. The van der Waals surface area contributed by atoms with Crippen LogP contribution in [-0.2, 0) is 0 Å². The molecule has 0 spiro atoms. The summed E-state index contributed by atoms with van der Waals surface area (Å²) in [6.07, 6.45) is 1.68. The lowest BCUT2D eigenvalue weighted by Crippen LogP contribution is -1.84. The highest BCUT2D eigenvalue weighted by molar-refractivity contribution is 6.32. The number of nitrogens with two attached hydrogens (primary N) is 1. The van der Waals surface area contributed by atoms with E-state index < -0.39 is 0 Å². The van der Waals surface area contributed by atoms with Gasteiger partial charge >= 0.3 is 0 Å². The standard InChI is InChI=1S/C8H8ClN/c1-2-6-5-7(10)3-4-8(6)9/h2-5H,1,10H2. The molecule has 1 rings (SSSR count). The van der Waals surface area contributed by atoms with Gasteiger partial charge in [-0.15, -0.1) is 0 Å². The minimum atomic E-state index is 0.684. The van der Waals surface area contributed by atoms with Gasteiger partial charge in [0, 0.05) is 10.7 Å². The Morgan fingerprint density at radius 2 is 2.20 bits per heavy atom. The van der Waals surface area contributed by atoms with E-state index in [1.54, 1.807) is 24.3 Å². The topological polar surface area (TPSA) is 26.0 Å². The van der Waals surface area contributed by atoms with Crippen molar-refractivity contribution in [2.24, 2.45) is 0 Å². The average Bonchev–Trinajstić information content (AvgIpc) is 1.94. The summed E-state index contributed by atoms with van der Waals surface area (Å²) < 4.78 is 0. The largest absolute Gasteiger partial charge is 0.399 e. The van der Waals surface area contributed by atoms with Crippen LogP contribution in [0.2, 0.25) is 5.02 Å². The second kappa shape index (κ2) is 2.76. The molecule has 0 aliphatic rings. The second-order valence-electron chi connectivity index (χ2n) is 1.99. The minimum Gasteiger partial charge on any atom is -0.399 e. The van der Waals surface area contributed by atoms with Crippen molar-refractivity contribution in [3.63, 3.8) is 0 Å². The predicted molar refractivity (Wildman–Crippen MR) is 46.0 cm³/mol. The predicted octanol–water partition coefficient (Wildman–Crippen LogP) is 2.57. The summed E-state index contributed by atoms with van der Waals surface area (Å²) in [5, 5.41) is 0.684. The monoisotopic (exact) mass is 153 g/mol. The zero-order valence-electron chi connectivity index (χ0n) is 5.47. The number of hydrogen-bond acceptors (Lipinski definition) is 1. The van der Waals surface area contributed by atoms with Crippen LogP contribution in [0.15, 0.2) is 24.8 Å². The fourth-order valence-corrected chi connectivity index (χ4v) is 0.913. The molecular weight excluding hydrogens is 146 g/mol. The molecular formula is C8H8ClN. The highest BCUT2D eigenvalue weighted by Gasteiger charge is 1.93. The molecule has 1 aromatic carbocycles.